The van der Waals surface area contributed by atoms with Gasteiger partial charge in [-0.15, -0.1) is 0 Å². The van der Waals surface area contributed by atoms with Crippen LogP contribution in [0.15, 0.2) is 78.9 Å². The number of anilines is 2. The molecule has 1 unspecified atom stereocenters. The topological polar surface area (TPSA) is 91.0 Å². The number of hydrogen-bond donors (Lipinski definition) is 2. The van der Waals surface area contributed by atoms with Gasteiger partial charge in [0.1, 0.15) is 17.6 Å². The number of nitrogens with one attached hydrogen (secondary N) is 2. The predicted molar refractivity (Wildman–Crippen MR) is 132 cm³/mol. The van der Waals surface area contributed by atoms with Crippen LogP contribution in [0, 0.1) is 5.82 Å². The molecule has 178 valence electrons. The molecule has 0 aromatic heterocycles. The van der Waals surface area contributed by atoms with E-state index in [4.69, 9.17) is 17.0 Å². The van der Waals surface area contributed by atoms with Crippen molar-refractivity contribution in [1.82, 2.24) is 10.4 Å². The Kier molecular flexibility index (Phi) is 7.02. The van der Waals surface area contributed by atoms with E-state index < -0.39 is 29.6 Å². The van der Waals surface area contributed by atoms with Gasteiger partial charge in [0.2, 0.25) is 11.0 Å². The molecule has 1 saturated heterocycles. The molecular formula is C25H21FN4O4S. The maximum atomic E-state index is 13.5. The van der Waals surface area contributed by atoms with Crippen molar-refractivity contribution in [3.63, 3.8) is 0 Å². The number of thiocarbonyl (C=S) groups is 1. The fourth-order valence-corrected chi connectivity index (χ4v) is 3.98. The van der Waals surface area contributed by atoms with Gasteiger partial charge in [0, 0.05) is 5.56 Å². The molecule has 1 aliphatic rings. The minimum atomic E-state index is -1.13. The van der Waals surface area contributed by atoms with Crippen molar-refractivity contribution in [2.24, 2.45) is 0 Å². The highest BCUT2D eigenvalue weighted by Crippen LogP contribution is 2.28. The van der Waals surface area contributed by atoms with E-state index in [0.717, 1.165) is 0 Å². The molecule has 0 saturated carbocycles. The Balaban J connectivity index is 1.60. The number of benzene rings is 3. The molecule has 0 bridgehead atoms. The highest BCUT2D eigenvalue weighted by atomic mass is 32.1. The van der Waals surface area contributed by atoms with Gasteiger partial charge in [-0.1, -0.05) is 30.3 Å². The first-order valence-electron chi connectivity index (χ1n) is 10.6. The predicted octanol–water partition coefficient (Wildman–Crippen LogP) is 3.51. The van der Waals surface area contributed by atoms with Gasteiger partial charge in [-0.05, 0) is 60.7 Å². The average molecular weight is 493 g/mol. The molecule has 1 heterocycles. The monoisotopic (exact) mass is 492 g/mol. The van der Waals surface area contributed by atoms with E-state index in [-0.39, 0.29) is 11.5 Å². The van der Waals surface area contributed by atoms with Gasteiger partial charge in [0.25, 0.3) is 11.8 Å². The normalized spacial score (nSPS) is 15.2. The van der Waals surface area contributed by atoms with Gasteiger partial charge < -0.3 is 10.1 Å². The smallest absolute Gasteiger partial charge is 0.269 e. The maximum absolute atomic E-state index is 13.5. The van der Waals surface area contributed by atoms with Crippen molar-refractivity contribution >= 4 is 46.4 Å². The molecule has 3 aromatic rings. The second-order valence-corrected chi connectivity index (χ2v) is 7.94. The Hall–Kier alpha value is -4.31. The number of nitrogens with zero attached hydrogens (tertiary/aromatic N) is 2. The SMILES string of the molecule is COc1ccccc1NC(=O)CC1C(=O)N(c2ccc(F)cc2)C(=S)N1NC(=O)c1ccccc1. The van der Waals surface area contributed by atoms with E-state index in [1.807, 2.05) is 0 Å². The molecule has 35 heavy (non-hydrogen) atoms. The molecule has 1 fully saturated rings. The molecule has 0 radical (unpaired) electrons. The molecule has 0 spiro atoms. The van der Waals surface area contributed by atoms with Crippen molar-refractivity contribution in [2.45, 2.75) is 12.5 Å². The Morgan fingerprint density at radius 1 is 1.00 bits per heavy atom. The number of carbonyl (C=O) groups excluding carboxylic acids is 3. The van der Waals surface area contributed by atoms with Gasteiger partial charge in [0.15, 0.2) is 0 Å². The lowest BCUT2D eigenvalue weighted by Gasteiger charge is -2.24. The summed E-state index contributed by atoms with van der Waals surface area (Å²) in [6, 6.07) is 19.3. The molecule has 10 heteroatoms. The van der Waals surface area contributed by atoms with Crippen molar-refractivity contribution < 1.29 is 23.5 Å². The Morgan fingerprint density at radius 2 is 1.66 bits per heavy atom. The van der Waals surface area contributed by atoms with E-state index in [1.54, 1.807) is 54.6 Å². The first-order valence-corrected chi connectivity index (χ1v) is 11.0. The van der Waals surface area contributed by atoms with Crippen molar-refractivity contribution in [3.05, 3.63) is 90.2 Å². The van der Waals surface area contributed by atoms with Crippen LogP contribution in [0.1, 0.15) is 16.8 Å². The lowest BCUT2D eigenvalue weighted by atomic mass is 10.1. The van der Waals surface area contributed by atoms with E-state index >= 15 is 0 Å². The van der Waals surface area contributed by atoms with E-state index in [1.165, 1.54) is 41.3 Å². The number of ether oxygens (including phenoxy) is 1. The summed E-state index contributed by atoms with van der Waals surface area (Å²) in [6.45, 7) is 0. The summed E-state index contributed by atoms with van der Waals surface area (Å²) in [4.78, 5) is 40.3. The average Bonchev–Trinajstić information content (AvgIpc) is 3.09. The van der Waals surface area contributed by atoms with Crippen LogP contribution in [-0.2, 0) is 9.59 Å². The van der Waals surface area contributed by atoms with Crippen LogP contribution < -0.4 is 20.4 Å². The largest absolute Gasteiger partial charge is 0.495 e. The van der Waals surface area contributed by atoms with Crippen LogP contribution in [0.4, 0.5) is 15.8 Å². The van der Waals surface area contributed by atoms with E-state index in [9.17, 15) is 18.8 Å². The first-order chi connectivity index (χ1) is 16.9. The van der Waals surface area contributed by atoms with Crippen LogP contribution in [-0.4, -0.2) is 41.0 Å². The third-order valence-corrected chi connectivity index (χ3v) is 5.70. The molecule has 1 atom stereocenters. The van der Waals surface area contributed by atoms with Crippen molar-refractivity contribution in [1.29, 1.82) is 0 Å². The number of rotatable bonds is 7. The van der Waals surface area contributed by atoms with Gasteiger partial charge in [-0.25, -0.2) is 9.40 Å². The standard InChI is InChI=1S/C25H21FN4O4S/c1-34-21-10-6-5-9-19(21)27-22(31)15-20-24(33)29(18-13-11-17(26)12-14-18)25(35)30(20)28-23(32)16-7-3-2-4-8-16/h2-14,20H,15H2,1H3,(H,27,31)(H,28,32). The first kappa shape index (κ1) is 23.8. The second-order valence-electron chi connectivity index (χ2n) is 7.58. The zero-order chi connectivity index (χ0) is 24.9. The quantitative estimate of drug-likeness (QED) is 0.491. The molecule has 8 nitrogen and oxygen atoms in total. The summed E-state index contributed by atoms with van der Waals surface area (Å²) in [5.41, 5.74) is 3.73. The second kappa shape index (κ2) is 10.3. The fraction of sp³-hybridized carbons (Fsp3) is 0.120. The van der Waals surface area contributed by atoms with E-state index in [0.29, 0.717) is 22.7 Å². The number of halogens is 1. The lowest BCUT2D eigenvalue weighted by molar-refractivity contribution is -0.124. The van der Waals surface area contributed by atoms with Crippen molar-refractivity contribution in [2.75, 3.05) is 17.3 Å². The molecule has 1 aliphatic heterocycles. The van der Waals surface area contributed by atoms with Crippen molar-refractivity contribution in [3.8, 4) is 5.75 Å². The summed E-state index contributed by atoms with van der Waals surface area (Å²) < 4.78 is 18.7. The number of para-hydroxylation sites is 2. The Morgan fingerprint density at radius 3 is 2.34 bits per heavy atom. The Bertz CT molecular complexity index is 1270. The van der Waals surface area contributed by atoms with Crippen LogP contribution in [0.5, 0.6) is 5.75 Å². The third kappa shape index (κ3) is 5.12. The highest BCUT2D eigenvalue weighted by Gasteiger charge is 2.45. The Labute approximate surface area is 206 Å². The minimum Gasteiger partial charge on any atom is -0.495 e. The van der Waals surface area contributed by atoms with Gasteiger partial charge >= 0.3 is 0 Å². The van der Waals surface area contributed by atoms with Gasteiger partial charge in [0.05, 0.1) is 24.9 Å². The zero-order valence-electron chi connectivity index (χ0n) is 18.6. The number of hydrazine groups is 1. The maximum Gasteiger partial charge on any atom is 0.269 e. The lowest BCUT2D eigenvalue weighted by Crippen LogP contribution is -2.49. The summed E-state index contributed by atoms with van der Waals surface area (Å²) in [5, 5.41) is 3.88. The van der Waals surface area contributed by atoms with Crippen LogP contribution >= 0.6 is 12.2 Å². The molecule has 4 rings (SSSR count). The number of amides is 3. The highest BCUT2D eigenvalue weighted by molar-refractivity contribution is 7.80. The molecule has 3 aromatic carbocycles. The molecule has 0 aliphatic carbocycles. The summed E-state index contributed by atoms with van der Waals surface area (Å²) in [5.74, 6) is -1.55. The third-order valence-electron chi connectivity index (χ3n) is 5.32. The zero-order valence-corrected chi connectivity index (χ0v) is 19.4. The van der Waals surface area contributed by atoms with Crippen LogP contribution in [0.25, 0.3) is 0 Å². The summed E-state index contributed by atoms with van der Waals surface area (Å²) in [7, 11) is 1.48. The summed E-state index contributed by atoms with van der Waals surface area (Å²) in [6.07, 6.45) is -0.316. The molecule has 3 amide bonds. The number of methoxy groups -OCH3 is 1. The molecule has 2 N–H and O–H groups in total. The fourth-order valence-electron chi connectivity index (χ4n) is 3.62. The van der Waals surface area contributed by atoms with Gasteiger partial charge in [-0.3, -0.25) is 24.7 Å². The van der Waals surface area contributed by atoms with E-state index in [2.05, 4.69) is 10.7 Å². The summed E-state index contributed by atoms with van der Waals surface area (Å²) >= 11 is 5.49. The van der Waals surface area contributed by atoms with Gasteiger partial charge in [-0.2, -0.15) is 0 Å². The van der Waals surface area contributed by atoms with Crippen LogP contribution in [0.2, 0.25) is 0 Å². The minimum absolute atomic E-state index is 0.0408. The number of carbonyl (C=O) groups is 3. The number of hydrogen-bond acceptors (Lipinski definition) is 5. The molecular weight excluding hydrogens is 471 g/mol. The van der Waals surface area contributed by atoms with Crippen LogP contribution in [0.3, 0.4) is 0 Å².